The van der Waals surface area contributed by atoms with Crippen LogP contribution in [0.3, 0.4) is 0 Å². The van der Waals surface area contributed by atoms with Crippen molar-refractivity contribution < 1.29 is 0 Å². The maximum absolute atomic E-state index is 3.90. The second-order valence-corrected chi connectivity index (χ2v) is 8.33. The molecule has 1 atom stereocenters. The zero-order chi connectivity index (χ0) is 18.4. The van der Waals surface area contributed by atoms with Crippen molar-refractivity contribution in [2.75, 3.05) is 6.54 Å². The molecule has 1 rings (SSSR count). The average Bonchev–Trinajstić information content (AvgIpc) is 2.50. The van der Waals surface area contributed by atoms with Crippen LogP contribution in [0.1, 0.15) is 70.6 Å². The number of halogens is 1. The van der Waals surface area contributed by atoms with E-state index in [4.69, 9.17) is 0 Å². The van der Waals surface area contributed by atoms with Crippen LogP contribution >= 0.6 is 22.6 Å². The molecule has 0 saturated carbocycles. The summed E-state index contributed by atoms with van der Waals surface area (Å²) in [4.78, 5) is 0. The smallest absolute Gasteiger partial charge is 0.0470 e. The van der Waals surface area contributed by atoms with Crippen LogP contribution in [0.2, 0.25) is 0 Å². The molecule has 0 aliphatic carbocycles. The van der Waals surface area contributed by atoms with Gasteiger partial charge in [-0.05, 0) is 84.5 Å². The molecule has 1 aromatic rings. The normalized spacial score (nSPS) is 13.8. The van der Waals surface area contributed by atoms with Crippen molar-refractivity contribution in [2.45, 2.75) is 66.3 Å². The molecule has 1 N–H and O–H groups in total. The van der Waals surface area contributed by atoms with Gasteiger partial charge in [-0.1, -0.05) is 45.6 Å². The number of hydrogen-bond acceptors (Lipinski definition) is 1. The quantitative estimate of drug-likeness (QED) is 0.305. The van der Waals surface area contributed by atoms with E-state index in [0.717, 1.165) is 31.4 Å². The molecule has 1 unspecified atom stereocenters. The Labute approximate surface area is 162 Å². The van der Waals surface area contributed by atoms with Gasteiger partial charge in [0.2, 0.25) is 0 Å². The van der Waals surface area contributed by atoms with Gasteiger partial charge in [-0.2, -0.15) is 0 Å². The van der Waals surface area contributed by atoms with Crippen molar-refractivity contribution in [2.24, 2.45) is 5.41 Å². The van der Waals surface area contributed by atoms with Gasteiger partial charge in [0.25, 0.3) is 0 Å². The zero-order valence-electron chi connectivity index (χ0n) is 16.1. The maximum atomic E-state index is 3.90. The number of benzene rings is 1. The summed E-state index contributed by atoms with van der Waals surface area (Å²) >= 11 is 2.48. The van der Waals surface area contributed by atoms with Gasteiger partial charge in [0.05, 0.1) is 0 Å². The molecule has 132 valence electrons. The molecule has 0 bridgehead atoms. The fourth-order valence-corrected chi connectivity index (χ4v) is 4.67. The average molecular weight is 437 g/mol. The Hall–Kier alpha value is -0.790. The fraction of sp³-hybridized carbons (Fsp3) is 0.545. The second kappa shape index (κ2) is 9.06. The third-order valence-corrected chi connectivity index (χ3v) is 5.91. The minimum Gasteiger partial charge on any atom is -0.307 e. The lowest BCUT2D eigenvalue weighted by molar-refractivity contribution is 0.124. The molecule has 0 aliphatic rings. The second-order valence-electron chi connectivity index (χ2n) is 7.17. The van der Waals surface area contributed by atoms with Gasteiger partial charge in [0.15, 0.2) is 0 Å². The molecule has 2 heteroatoms. The summed E-state index contributed by atoms with van der Waals surface area (Å²) in [5.74, 6) is 6.45. The molecule has 0 heterocycles. The van der Waals surface area contributed by atoms with Gasteiger partial charge in [0.1, 0.15) is 0 Å². The molecule has 1 nitrogen and oxygen atoms in total. The number of nitrogens with one attached hydrogen (secondary N) is 1. The summed E-state index contributed by atoms with van der Waals surface area (Å²) in [5.41, 5.74) is 3.85. The monoisotopic (exact) mass is 437 g/mol. The Bertz CT molecular complexity index is 610. The summed E-state index contributed by atoms with van der Waals surface area (Å²) in [6, 6.07) is 4.46. The van der Waals surface area contributed by atoms with Crippen LogP contribution < -0.4 is 5.32 Å². The SMILES string of the molecule is C=CCCC(C)(C)C(C)(NCC)c1c(C)cc(C#CCC)cc1I. The van der Waals surface area contributed by atoms with Crippen molar-refractivity contribution in [3.8, 4) is 11.8 Å². The molecule has 0 amide bonds. The van der Waals surface area contributed by atoms with Gasteiger partial charge < -0.3 is 5.32 Å². The summed E-state index contributed by atoms with van der Waals surface area (Å²) < 4.78 is 1.29. The lowest BCUT2D eigenvalue weighted by Gasteiger charge is -2.47. The molecular formula is C22H32IN. The maximum Gasteiger partial charge on any atom is 0.0470 e. The van der Waals surface area contributed by atoms with E-state index < -0.39 is 0 Å². The van der Waals surface area contributed by atoms with Gasteiger partial charge in [-0.25, -0.2) is 0 Å². The zero-order valence-corrected chi connectivity index (χ0v) is 18.3. The van der Waals surface area contributed by atoms with Crippen LogP contribution in [0.25, 0.3) is 0 Å². The predicted molar refractivity (Wildman–Crippen MR) is 115 cm³/mol. The van der Waals surface area contributed by atoms with Crippen molar-refractivity contribution in [1.82, 2.24) is 5.32 Å². The van der Waals surface area contributed by atoms with Gasteiger partial charge in [0, 0.05) is 21.1 Å². The predicted octanol–water partition coefficient (Wildman–Crippen LogP) is 6.18. The molecule has 0 radical (unpaired) electrons. The van der Waals surface area contributed by atoms with Crippen molar-refractivity contribution >= 4 is 22.6 Å². The van der Waals surface area contributed by atoms with E-state index in [1.807, 2.05) is 6.08 Å². The van der Waals surface area contributed by atoms with Gasteiger partial charge >= 0.3 is 0 Å². The van der Waals surface area contributed by atoms with Crippen LogP contribution in [-0.2, 0) is 5.54 Å². The van der Waals surface area contributed by atoms with E-state index in [2.05, 4.69) is 100 Å². The largest absolute Gasteiger partial charge is 0.307 e. The van der Waals surface area contributed by atoms with Crippen molar-refractivity contribution in [1.29, 1.82) is 0 Å². The lowest BCUT2D eigenvalue weighted by atomic mass is 9.66. The van der Waals surface area contributed by atoms with E-state index in [9.17, 15) is 0 Å². The molecule has 0 spiro atoms. The first-order chi connectivity index (χ1) is 11.2. The van der Waals surface area contributed by atoms with Crippen LogP contribution in [0.5, 0.6) is 0 Å². The number of rotatable bonds is 7. The highest BCUT2D eigenvalue weighted by atomic mass is 127. The summed E-state index contributed by atoms with van der Waals surface area (Å²) in [7, 11) is 0. The molecule has 0 saturated heterocycles. The molecule has 0 fully saturated rings. The minimum absolute atomic E-state index is 0.0952. The van der Waals surface area contributed by atoms with E-state index in [-0.39, 0.29) is 11.0 Å². The standard InChI is InChI=1S/C22H32IN/c1-8-11-13-18-15-17(4)20(19(23)16-18)22(7,24-10-3)21(5,6)14-12-9-2/h9,15-16,24H,2,8,10,12,14H2,1,3-7H3. The molecule has 1 aromatic carbocycles. The first kappa shape index (κ1) is 21.3. The van der Waals surface area contributed by atoms with E-state index >= 15 is 0 Å². The summed E-state index contributed by atoms with van der Waals surface area (Å²) in [6.07, 6.45) is 5.05. The van der Waals surface area contributed by atoms with Crippen molar-refractivity contribution in [3.63, 3.8) is 0 Å². The fourth-order valence-electron chi connectivity index (χ4n) is 3.37. The minimum atomic E-state index is -0.0952. The Morgan fingerprint density at radius 2 is 1.92 bits per heavy atom. The van der Waals surface area contributed by atoms with Crippen LogP contribution in [0.4, 0.5) is 0 Å². The molecular weight excluding hydrogens is 405 g/mol. The van der Waals surface area contributed by atoms with E-state index in [1.54, 1.807) is 0 Å². The highest BCUT2D eigenvalue weighted by molar-refractivity contribution is 14.1. The topological polar surface area (TPSA) is 12.0 Å². The lowest BCUT2D eigenvalue weighted by Crippen LogP contribution is -2.52. The van der Waals surface area contributed by atoms with Crippen LogP contribution in [0, 0.1) is 27.7 Å². The Balaban J connectivity index is 3.47. The summed E-state index contributed by atoms with van der Waals surface area (Å²) in [6.45, 7) is 18.4. The third kappa shape index (κ3) is 4.64. The Morgan fingerprint density at radius 1 is 1.25 bits per heavy atom. The number of allylic oxidation sites excluding steroid dienone is 1. The molecule has 0 aliphatic heterocycles. The number of aryl methyl sites for hydroxylation is 1. The summed E-state index contributed by atoms with van der Waals surface area (Å²) in [5, 5.41) is 3.79. The Morgan fingerprint density at radius 3 is 2.42 bits per heavy atom. The number of hydrogen-bond donors (Lipinski definition) is 1. The first-order valence-electron chi connectivity index (χ1n) is 8.89. The highest BCUT2D eigenvalue weighted by Gasteiger charge is 2.43. The highest BCUT2D eigenvalue weighted by Crippen LogP contribution is 2.45. The molecule has 0 aromatic heterocycles. The third-order valence-electron chi connectivity index (χ3n) is 5.05. The molecule has 24 heavy (non-hydrogen) atoms. The van der Waals surface area contributed by atoms with E-state index in [0.29, 0.717) is 0 Å². The Kier molecular flexibility index (Phi) is 8.02. The van der Waals surface area contributed by atoms with Crippen LogP contribution in [-0.4, -0.2) is 6.54 Å². The van der Waals surface area contributed by atoms with Crippen molar-refractivity contribution in [3.05, 3.63) is 45.0 Å². The van der Waals surface area contributed by atoms with Crippen LogP contribution in [0.15, 0.2) is 24.8 Å². The first-order valence-corrected chi connectivity index (χ1v) is 9.96. The van der Waals surface area contributed by atoms with Gasteiger partial charge in [-0.15, -0.1) is 6.58 Å². The van der Waals surface area contributed by atoms with Gasteiger partial charge in [-0.3, -0.25) is 0 Å². The van der Waals surface area contributed by atoms with E-state index in [1.165, 1.54) is 14.7 Å².